The second-order valence-electron chi connectivity index (χ2n) is 13.2. The van der Waals surface area contributed by atoms with Crippen LogP contribution < -0.4 is 0 Å². The third kappa shape index (κ3) is 3.96. The van der Waals surface area contributed by atoms with E-state index < -0.39 is 5.97 Å². The maximum atomic E-state index is 11.9. The number of aliphatic carboxylic acids is 1. The van der Waals surface area contributed by atoms with Crippen molar-refractivity contribution in [2.75, 3.05) is 0 Å². The van der Waals surface area contributed by atoms with Crippen molar-refractivity contribution in [1.82, 2.24) is 0 Å². The number of fused-ring (bicyclic) bond motifs is 6. The van der Waals surface area contributed by atoms with Crippen LogP contribution in [0.15, 0.2) is 0 Å². The standard InChI is InChI=1S/C28H48O4/c1-18(5-10-25(31)32)20-6-7-21-11-14-27(3)26(2)13-12-22(29)15-19(17-26)16-24(30)28(27,4)23(21)9-8-20/h18-24,29-30H,5-17H2,1-4H3,(H,31,32)/t18?,19-,20-,21-,22-,23-,24-,26+,27-,28-/m1/s1. The van der Waals surface area contributed by atoms with Gasteiger partial charge in [-0.25, -0.2) is 0 Å². The lowest BCUT2D eigenvalue weighted by Crippen LogP contribution is -2.60. The Bertz CT molecular complexity index is 693. The number of hydrogen-bond acceptors (Lipinski definition) is 3. The summed E-state index contributed by atoms with van der Waals surface area (Å²) in [4.78, 5) is 11.1. The molecular weight excluding hydrogens is 400 g/mol. The normalized spacial score (nSPS) is 50.2. The molecule has 4 aliphatic rings. The van der Waals surface area contributed by atoms with E-state index in [0.29, 0.717) is 29.6 Å². The first-order valence-corrected chi connectivity index (χ1v) is 13.6. The molecule has 4 saturated carbocycles. The zero-order chi connectivity index (χ0) is 23.3. The van der Waals surface area contributed by atoms with Gasteiger partial charge in [0.15, 0.2) is 0 Å². The maximum Gasteiger partial charge on any atom is 0.303 e. The largest absolute Gasteiger partial charge is 0.481 e. The minimum absolute atomic E-state index is 0.0824. The van der Waals surface area contributed by atoms with Crippen molar-refractivity contribution < 1.29 is 20.1 Å². The van der Waals surface area contributed by atoms with Gasteiger partial charge in [-0.05, 0) is 117 Å². The lowest BCUT2D eigenvalue weighted by molar-refractivity contribution is -0.192. The molecular formula is C28H48O4. The Morgan fingerprint density at radius 2 is 1.69 bits per heavy atom. The molecule has 184 valence electrons. The van der Waals surface area contributed by atoms with E-state index in [2.05, 4.69) is 27.7 Å². The average Bonchev–Trinajstić information content (AvgIpc) is 3.06. The van der Waals surface area contributed by atoms with E-state index in [1.165, 1.54) is 38.5 Å². The topological polar surface area (TPSA) is 77.8 Å². The SMILES string of the molecule is CC(CCC(=O)O)[C@@H]1CC[C@@H]2CC[C@]3(C)[C@@]4(C)CC[C@@H](O)C[C@H](C[C@@H](O)[C@@]3(C)[C@@H]2CC1)C4. The number of aliphatic hydroxyl groups is 2. The van der Waals surface area contributed by atoms with E-state index in [4.69, 9.17) is 5.11 Å². The first-order chi connectivity index (χ1) is 15.0. The van der Waals surface area contributed by atoms with Gasteiger partial charge in [0.1, 0.15) is 0 Å². The van der Waals surface area contributed by atoms with Crippen LogP contribution in [0.5, 0.6) is 0 Å². The van der Waals surface area contributed by atoms with Gasteiger partial charge in [0.25, 0.3) is 0 Å². The van der Waals surface area contributed by atoms with Crippen molar-refractivity contribution in [3.63, 3.8) is 0 Å². The van der Waals surface area contributed by atoms with Gasteiger partial charge < -0.3 is 15.3 Å². The predicted octanol–water partition coefficient (Wildman–Crippen LogP) is 6.04. The Balaban J connectivity index is 1.61. The number of rotatable bonds is 4. The van der Waals surface area contributed by atoms with E-state index in [9.17, 15) is 15.0 Å². The molecule has 0 aliphatic heterocycles. The number of carboxylic acid groups (broad SMARTS) is 1. The van der Waals surface area contributed by atoms with Crippen LogP contribution in [0.4, 0.5) is 0 Å². The summed E-state index contributed by atoms with van der Waals surface area (Å²) in [6, 6.07) is 0. The molecule has 0 amide bonds. The summed E-state index contributed by atoms with van der Waals surface area (Å²) in [7, 11) is 0. The predicted molar refractivity (Wildman–Crippen MR) is 127 cm³/mol. The molecule has 3 N–H and O–H groups in total. The molecule has 4 rings (SSSR count). The Kier molecular flexibility index (Phi) is 6.80. The Morgan fingerprint density at radius 3 is 2.41 bits per heavy atom. The lowest BCUT2D eigenvalue weighted by Gasteiger charge is -2.64. The van der Waals surface area contributed by atoms with Crippen LogP contribution in [0, 0.1) is 45.8 Å². The smallest absolute Gasteiger partial charge is 0.303 e. The average molecular weight is 449 g/mol. The van der Waals surface area contributed by atoms with E-state index in [-0.39, 0.29) is 34.9 Å². The molecule has 4 nitrogen and oxygen atoms in total. The second kappa shape index (κ2) is 8.87. The monoisotopic (exact) mass is 448 g/mol. The molecule has 0 aromatic heterocycles. The number of carboxylic acids is 1. The first kappa shape index (κ1) is 24.5. The molecule has 1 unspecified atom stereocenters. The first-order valence-electron chi connectivity index (χ1n) is 13.6. The highest BCUT2D eigenvalue weighted by Crippen LogP contribution is 2.71. The van der Waals surface area contributed by atoms with Gasteiger partial charge in [0.2, 0.25) is 0 Å². The van der Waals surface area contributed by atoms with Gasteiger partial charge in [0.05, 0.1) is 12.2 Å². The van der Waals surface area contributed by atoms with Gasteiger partial charge in [0, 0.05) is 11.8 Å². The summed E-state index contributed by atoms with van der Waals surface area (Å²) in [5.74, 6) is 2.07. The van der Waals surface area contributed by atoms with Gasteiger partial charge >= 0.3 is 5.97 Å². The van der Waals surface area contributed by atoms with Gasteiger partial charge in [-0.3, -0.25) is 4.79 Å². The van der Waals surface area contributed by atoms with Crippen LogP contribution in [-0.4, -0.2) is 33.5 Å². The van der Waals surface area contributed by atoms with E-state index >= 15 is 0 Å². The van der Waals surface area contributed by atoms with Crippen LogP contribution >= 0.6 is 0 Å². The highest BCUT2D eigenvalue weighted by atomic mass is 16.4. The van der Waals surface area contributed by atoms with Crippen LogP contribution in [0.25, 0.3) is 0 Å². The van der Waals surface area contributed by atoms with Crippen molar-refractivity contribution >= 4 is 5.97 Å². The number of aliphatic hydroxyl groups excluding tert-OH is 2. The fourth-order valence-electron chi connectivity index (χ4n) is 9.46. The molecule has 32 heavy (non-hydrogen) atoms. The number of carbonyl (C=O) groups is 1. The van der Waals surface area contributed by atoms with Gasteiger partial charge in [-0.1, -0.05) is 27.7 Å². The minimum atomic E-state index is -0.676. The van der Waals surface area contributed by atoms with Crippen LogP contribution in [0.2, 0.25) is 0 Å². The quantitative estimate of drug-likeness (QED) is 0.490. The molecule has 0 aromatic rings. The van der Waals surface area contributed by atoms with Crippen molar-refractivity contribution in [3.8, 4) is 0 Å². The molecule has 4 aliphatic carbocycles. The maximum absolute atomic E-state index is 11.9. The van der Waals surface area contributed by atoms with E-state index in [0.717, 1.165) is 38.5 Å². The third-order valence-corrected chi connectivity index (χ3v) is 11.9. The molecule has 0 heterocycles. The highest BCUT2D eigenvalue weighted by Gasteiger charge is 2.66. The molecule has 10 atom stereocenters. The summed E-state index contributed by atoms with van der Waals surface area (Å²) in [5, 5.41) is 31.5. The number of hydrogen-bond donors (Lipinski definition) is 3. The molecule has 2 bridgehead atoms. The highest BCUT2D eigenvalue weighted by molar-refractivity contribution is 5.66. The second-order valence-corrected chi connectivity index (χ2v) is 13.2. The molecule has 4 fully saturated rings. The molecule has 0 aromatic carbocycles. The van der Waals surface area contributed by atoms with Crippen LogP contribution in [0.1, 0.15) is 111 Å². The van der Waals surface area contributed by atoms with Gasteiger partial charge in [-0.2, -0.15) is 0 Å². The third-order valence-electron chi connectivity index (χ3n) is 11.9. The van der Waals surface area contributed by atoms with Crippen molar-refractivity contribution in [1.29, 1.82) is 0 Å². The Morgan fingerprint density at radius 1 is 0.969 bits per heavy atom. The summed E-state index contributed by atoms with van der Waals surface area (Å²) < 4.78 is 0. The van der Waals surface area contributed by atoms with Gasteiger partial charge in [-0.15, -0.1) is 0 Å². The molecule has 4 heteroatoms. The van der Waals surface area contributed by atoms with E-state index in [1.807, 2.05) is 0 Å². The lowest BCUT2D eigenvalue weighted by atomic mass is 9.40. The zero-order valence-electron chi connectivity index (χ0n) is 21.0. The van der Waals surface area contributed by atoms with Crippen LogP contribution in [-0.2, 0) is 4.79 Å². The summed E-state index contributed by atoms with van der Waals surface area (Å²) in [6.07, 6.45) is 12.7. The molecule has 0 spiro atoms. The molecule has 0 saturated heterocycles. The van der Waals surface area contributed by atoms with Crippen LogP contribution in [0.3, 0.4) is 0 Å². The van der Waals surface area contributed by atoms with E-state index in [1.54, 1.807) is 0 Å². The Hall–Kier alpha value is -0.610. The minimum Gasteiger partial charge on any atom is -0.481 e. The Labute approximate surface area is 195 Å². The summed E-state index contributed by atoms with van der Waals surface area (Å²) in [6.45, 7) is 9.70. The zero-order valence-corrected chi connectivity index (χ0v) is 21.0. The van der Waals surface area contributed by atoms with Crippen molar-refractivity contribution in [2.24, 2.45) is 45.8 Å². The van der Waals surface area contributed by atoms with Crippen molar-refractivity contribution in [3.05, 3.63) is 0 Å². The summed E-state index contributed by atoms with van der Waals surface area (Å²) in [5.41, 5.74) is 0.182. The fraction of sp³-hybridized carbons (Fsp3) is 0.964. The summed E-state index contributed by atoms with van der Waals surface area (Å²) >= 11 is 0. The molecule has 0 radical (unpaired) electrons. The van der Waals surface area contributed by atoms with Crippen molar-refractivity contribution in [2.45, 2.75) is 123 Å². The fourth-order valence-corrected chi connectivity index (χ4v) is 9.46.